The molecule has 0 saturated carbocycles. The molecule has 27 heavy (non-hydrogen) atoms. The average molecular weight is 403 g/mol. The van der Waals surface area contributed by atoms with Crippen molar-refractivity contribution in [2.75, 3.05) is 12.0 Å². The molecule has 2 rings (SSSR count). The molecule has 2 nitrogen and oxygen atoms in total. The van der Waals surface area contributed by atoms with Gasteiger partial charge in [0, 0.05) is 24.9 Å². The Hall–Kier alpha value is -1.50. The second-order valence-corrected chi connectivity index (χ2v) is 9.85. The van der Waals surface area contributed by atoms with Gasteiger partial charge in [-0.25, -0.2) is 0 Å². The van der Waals surface area contributed by atoms with Gasteiger partial charge in [0.25, 0.3) is 0 Å². The number of carbonyl (C=O) groups is 2. The van der Waals surface area contributed by atoms with E-state index in [0.717, 1.165) is 33.4 Å². The minimum Gasteiger partial charge on any atom is -0.289 e. The number of aryl methyl sites for hydroxylation is 6. The zero-order chi connectivity index (χ0) is 20.3. The van der Waals surface area contributed by atoms with Gasteiger partial charge >= 0.3 is 0 Å². The number of hydrogen-bond acceptors (Lipinski definition) is 2. The number of hydrogen-bond donors (Lipinski definition) is 0. The van der Waals surface area contributed by atoms with Crippen molar-refractivity contribution in [3.05, 3.63) is 68.8 Å². The van der Waals surface area contributed by atoms with Crippen LogP contribution in [0.5, 0.6) is 0 Å². The molecule has 0 fully saturated rings. The van der Waals surface area contributed by atoms with Crippen molar-refractivity contribution in [3.63, 3.8) is 0 Å². The van der Waals surface area contributed by atoms with Crippen LogP contribution >= 0.6 is 19.5 Å². The predicted molar refractivity (Wildman–Crippen MR) is 117 cm³/mol. The second kappa shape index (κ2) is 9.13. The average Bonchev–Trinajstić information content (AvgIpc) is 2.53. The topological polar surface area (TPSA) is 34.1 Å². The highest BCUT2D eigenvalue weighted by atomic mass is 35.5. The van der Waals surface area contributed by atoms with Crippen LogP contribution in [0, 0.1) is 41.5 Å². The van der Waals surface area contributed by atoms with Crippen LogP contribution in [-0.4, -0.2) is 23.1 Å². The van der Waals surface area contributed by atoms with Gasteiger partial charge < -0.3 is 0 Å². The van der Waals surface area contributed by atoms with E-state index >= 15 is 0 Å². The number of benzene rings is 2. The van der Waals surface area contributed by atoms with Gasteiger partial charge in [0.1, 0.15) is 0 Å². The van der Waals surface area contributed by atoms with Crippen molar-refractivity contribution in [1.29, 1.82) is 0 Å². The van der Waals surface area contributed by atoms with Crippen LogP contribution in [0.15, 0.2) is 24.3 Å². The summed E-state index contributed by atoms with van der Waals surface area (Å²) in [5.41, 5.74) is 7.41. The number of rotatable bonds is 7. The van der Waals surface area contributed by atoms with Gasteiger partial charge in [-0.05, 0) is 76.4 Å². The largest absolute Gasteiger partial charge is 0.289 e. The zero-order valence-electron chi connectivity index (χ0n) is 17.1. The maximum Gasteiger partial charge on any atom is 0.192 e. The number of alkyl halides is 1. The molecule has 144 valence electrons. The van der Waals surface area contributed by atoms with Crippen LogP contribution in [0.2, 0.25) is 0 Å². The van der Waals surface area contributed by atoms with Gasteiger partial charge in [-0.3, -0.25) is 9.59 Å². The predicted octanol–water partition coefficient (Wildman–Crippen LogP) is 6.63. The molecule has 4 heteroatoms. The highest BCUT2D eigenvalue weighted by Gasteiger charge is 2.31. The van der Waals surface area contributed by atoms with Gasteiger partial charge in [-0.15, -0.1) is 11.6 Å². The summed E-state index contributed by atoms with van der Waals surface area (Å²) in [5, 5.41) is 0. The Morgan fingerprint density at radius 3 is 1.37 bits per heavy atom. The SMILES string of the molecule is Cc1cc(C)c(C(=O)P(CCCCl)C(=O)c2c(C)cc(C)cc2C)c(C)c1. The van der Waals surface area contributed by atoms with E-state index in [9.17, 15) is 9.59 Å². The van der Waals surface area contributed by atoms with Gasteiger partial charge in [0.2, 0.25) is 0 Å². The molecule has 0 spiro atoms. The molecule has 0 unspecified atom stereocenters. The molecule has 0 aliphatic heterocycles. The Balaban J connectivity index is 2.53. The molecule has 2 aromatic rings. The van der Waals surface area contributed by atoms with Crippen LogP contribution in [0.1, 0.15) is 60.5 Å². The third-order valence-corrected chi connectivity index (χ3v) is 7.25. The van der Waals surface area contributed by atoms with E-state index in [1.807, 2.05) is 65.8 Å². The molecule has 2 aromatic carbocycles. The second-order valence-electron chi connectivity index (χ2n) is 7.35. The van der Waals surface area contributed by atoms with Gasteiger partial charge in [-0.2, -0.15) is 0 Å². The maximum absolute atomic E-state index is 13.5. The Morgan fingerprint density at radius 1 is 0.741 bits per heavy atom. The van der Waals surface area contributed by atoms with Crippen LogP contribution in [0.4, 0.5) is 0 Å². The Bertz CT molecular complexity index is 770. The Labute approximate surface area is 169 Å². The molecule has 0 N–H and O–H groups in total. The normalized spacial score (nSPS) is 11.1. The van der Waals surface area contributed by atoms with E-state index in [1.54, 1.807) is 0 Å². The highest BCUT2D eigenvalue weighted by molar-refractivity contribution is 7.90. The molecule has 0 saturated heterocycles. The molecule has 0 aliphatic rings. The number of halogens is 1. The smallest absolute Gasteiger partial charge is 0.192 e. The lowest BCUT2D eigenvalue weighted by Crippen LogP contribution is -2.14. The summed E-state index contributed by atoms with van der Waals surface area (Å²) in [4.78, 5) is 26.9. The first-order chi connectivity index (χ1) is 12.7. The standard InChI is InChI=1S/C23H28ClO2P/c1-14-10-16(3)20(17(4)11-14)22(25)27(9-7-8-24)23(26)21-18(5)12-15(2)13-19(21)6/h10-13H,7-9H2,1-6H3. The van der Waals surface area contributed by atoms with Gasteiger partial charge in [0.05, 0.1) is 0 Å². The number of carbonyl (C=O) groups excluding carboxylic acids is 2. The Kier molecular flexibility index (Phi) is 7.37. The van der Waals surface area contributed by atoms with Crippen molar-refractivity contribution in [2.24, 2.45) is 0 Å². The van der Waals surface area contributed by atoms with Crippen molar-refractivity contribution in [2.45, 2.75) is 48.0 Å². The lowest BCUT2D eigenvalue weighted by Gasteiger charge is -2.20. The van der Waals surface area contributed by atoms with Crippen LogP contribution in [0.3, 0.4) is 0 Å². The van der Waals surface area contributed by atoms with Crippen molar-refractivity contribution < 1.29 is 9.59 Å². The fourth-order valence-corrected chi connectivity index (χ4v) is 6.45. The van der Waals surface area contributed by atoms with Gasteiger partial charge in [0.15, 0.2) is 11.0 Å². The lowest BCUT2D eigenvalue weighted by atomic mass is 10.0. The molecule has 0 bridgehead atoms. The summed E-state index contributed by atoms with van der Waals surface area (Å²) < 4.78 is 0. The Morgan fingerprint density at radius 2 is 1.07 bits per heavy atom. The zero-order valence-corrected chi connectivity index (χ0v) is 18.7. The summed E-state index contributed by atoms with van der Waals surface area (Å²) in [7, 11) is -1.49. The van der Waals surface area contributed by atoms with Crippen LogP contribution in [-0.2, 0) is 0 Å². The first-order valence-electron chi connectivity index (χ1n) is 9.25. The van der Waals surface area contributed by atoms with Crippen molar-refractivity contribution in [3.8, 4) is 0 Å². The van der Waals surface area contributed by atoms with Crippen LogP contribution in [0.25, 0.3) is 0 Å². The molecule has 0 radical (unpaired) electrons. The monoisotopic (exact) mass is 402 g/mol. The highest BCUT2D eigenvalue weighted by Crippen LogP contribution is 2.46. The summed E-state index contributed by atoms with van der Waals surface area (Å²) in [6, 6.07) is 8.06. The molecule has 0 atom stereocenters. The summed E-state index contributed by atoms with van der Waals surface area (Å²) in [5.74, 6) is 0.455. The third-order valence-electron chi connectivity index (χ3n) is 4.79. The first kappa shape index (κ1) is 21.8. The van der Waals surface area contributed by atoms with E-state index < -0.39 is 7.92 Å². The quantitative estimate of drug-likeness (QED) is 0.384. The summed E-state index contributed by atoms with van der Waals surface area (Å²) in [6.45, 7) is 11.9. The molecule has 0 amide bonds. The molecular formula is C23H28ClO2P. The third kappa shape index (κ3) is 4.86. The van der Waals surface area contributed by atoms with Gasteiger partial charge in [-0.1, -0.05) is 35.4 Å². The lowest BCUT2D eigenvalue weighted by molar-refractivity contribution is 0.105. The summed E-state index contributed by atoms with van der Waals surface area (Å²) in [6.07, 6.45) is 1.20. The molecule has 0 heterocycles. The van der Waals surface area contributed by atoms with E-state index in [-0.39, 0.29) is 11.0 Å². The van der Waals surface area contributed by atoms with Crippen molar-refractivity contribution >= 4 is 30.6 Å². The first-order valence-corrected chi connectivity index (χ1v) is 11.3. The van der Waals surface area contributed by atoms with Crippen molar-refractivity contribution in [1.82, 2.24) is 0 Å². The minimum absolute atomic E-state index is 0.0190. The fourth-order valence-electron chi connectivity index (χ4n) is 3.82. The van der Waals surface area contributed by atoms with E-state index in [0.29, 0.717) is 29.6 Å². The maximum atomic E-state index is 13.5. The summed E-state index contributed by atoms with van der Waals surface area (Å²) >= 11 is 5.90. The molecule has 0 aromatic heterocycles. The van der Waals surface area contributed by atoms with Crippen LogP contribution < -0.4 is 0 Å². The van der Waals surface area contributed by atoms with E-state index in [4.69, 9.17) is 11.6 Å². The van der Waals surface area contributed by atoms with E-state index in [1.165, 1.54) is 0 Å². The van der Waals surface area contributed by atoms with E-state index in [2.05, 4.69) is 0 Å². The minimum atomic E-state index is -1.49. The molecule has 0 aliphatic carbocycles. The fraction of sp³-hybridized carbons (Fsp3) is 0.391. The molecular weight excluding hydrogens is 375 g/mol.